The largest absolute Gasteiger partial charge is 0.319 e. The van der Waals surface area contributed by atoms with E-state index in [0.29, 0.717) is 18.5 Å². The highest BCUT2D eigenvalue weighted by Crippen LogP contribution is 2.48. The molecule has 0 spiro atoms. The maximum atomic E-state index is 13.1. The van der Waals surface area contributed by atoms with Gasteiger partial charge in [-0.1, -0.05) is 18.6 Å². The van der Waals surface area contributed by atoms with Gasteiger partial charge < -0.3 is 4.90 Å². The van der Waals surface area contributed by atoms with Gasteiger partial charge in [-0.3, -0.25) is 10.1 Å². The number of halogens is 1. The Balaban J connectivity index is 1.62. The van der Waals surface area contributed by atoms with E-state index in [0.717, 1.165) is 17.9 Å². The summed E-state index contributed by atoms with van der Waals surface area (Å²) in [6.07, 6.45) is 4.94. The molecule has 20 heavy (non-hydrogen) atoms. The first-order valence-corrected chi connectivity index (χ1v) is 7.52. The minimum Gasteiger partial charge on any atom is -0.319 e. The summed E-state index contributed by atoms with van der Waals surface area (Å²) in [6, 6.07) is 6.89. The summed E-state index contributed by atoms with van der Waals surface area (Å²) in [5.74, 6) is 1.44. The van der Waals surface area contributed by atoms with E-state index in [9.17, 15) is 9.18 Å². The monoisotopic (exact) mass is 274 g/mol. The van der Waals surface area contributed by atoms with Crippen molar-refractivity contribution in [2.24, 2.45) is 11.8 Å². The quantitative estimate of drug-likeness (QED) is 0.898. The van der Waals surface area contributed by atoms with Crippen LogP contribution in [0.4, 0.5) is 4.39 Å². The molecule has 0 radical (unpaired) electrons. The van der Waals surface area contributed by atoms with E-state index < -0.39 is 0 Å². The number of amides is 1. The minimum atomic E-state index is -0.232. The van der Waals surface area contributed by atoms with Gasteiger partial charge in [-0.25, -0.2) is 4.39 Å². The summed E-state index contributed by atoms with van der Waals surface area (Å²) < 4.78 is 13.1. The molecule has 2 aliphatic carbocycles. The maximum absolute atomic E-state index is 13.1. The van der Waals surface area contributed by atoms with E-state index in [4.69, 9.17) is 0 Å². The van der Waals surface area contributed by atoms with E-state index in [1.165, 1.54) is 31.4 Å². The lowest BCUT2D eigenvalue weighted by molar-refractivity contribution is -0.131. The standard InChI is InChI=1S/C16H19FN2O/c17-13-5-3-11(4-6-13)16-18-9-15(20)19(16)14-8-10-1-2-12(14)7-10/h3-6,10,12,14,16,18H,1-2,7-9H2. The van der Waals surface area contributed by atoms with E-state index >= 15 is 0 Å². The molecule has 1 saturated heterocycles. The SMILES string of the molecule is O=C1CNC(c2ccc(F)cc2)N1C1CC2CCC1C2. The predicted octanol–water partition coefficient (Wildman–Crippen LogP) is 2.44. The molecule has 1 N–H and O–H groups in total. The molecular formula is C16H19FN2O. The van der Waals surface area contributed by atoms with Crippen LogP contribution in [0.2, 0.25) is 0 Å². The van der Waals surface area contributed by atoms with E-state index in [1.807, 2.05) is 4.90 Å². The normalized spacial score (nSPS) is 36.0. The molecule has 4 heteroatoms. The molecule has 4 rings (SSSR count). The Morgan fingerprint density at radius 2 is 1.95 bits per heavy atom. The lowest BCUT2D eigenvalue weighted by atomic mass is 9.93. The van der Waals surface area contributed by atoms with Crippen LogP contribution < -0.4 is 5.32 Å². The zero-order valence-electron chi connectivity index (χ0n) is 11.4. The molecule has 2 bridgehead atoms. The molecule has 3 nitrogen and oxygen atoms in total. The second-order valence-electron chi connectivity index (χ2n) is 6.38. The Kier molecular flexibility index (Phi) is 2.81. The number of carbonyl (C=O) groups excluding carboxylic acids is 1. The Morgan fingerprint density at radius 3 is 2.60 bits per heavy atom. The van der Waals surface area contributed by atoms with Gasteiger partial charge in [0.05, 0.1) is 6.54 Å². The van der Waals surface area contributed by atoms with Gasteiger partial charge in [0.15, 0.2) is 0 Å². The van der Waals surface area contributed by atoms with Crippen molar-refractivity contribution in [2.45, 2.75) is 37.9 Å². The molecule has 1 heterocycles. The summed E-state index contributed by atoms with van der Waals surface area (Å²) in [6.45, 7) is 0.399. The number of benzene rings is 1. The molecule has 1 aromatic rings. The number of fused-ring (bicyclic) bond motifs is 2. The average molecular weight is 274 g/mol. The number of hydrogen-bond acceptors (Lipinski definition) is 2. The van der Waals surface area contributed by atoms with E-state index in [2.05, 4.69) is 5.32 Å². The van der Waals surface area contributed by atoms with Crippen molar-refractivity contribution in [1.82, 2.24) is 10.2 Å². The summed E-state index contributed by atoms with van der Waals surface area (Å²) in [5.41, 5.74) is 0.986. The number of rotatable bonds is 2. The molecule has 3 aliphatic rings. The van der Waals surface area contributed by atoms with Crippen LogP contribution in [0.5, 0.6) is 0 Å². The first kappa shape index (κ1) is 12.3. The molecule has 4 unspecified atom stereocenters. The van der Waals surface area contributed by atoms with Gasteiger partial charge in [-0.2, -0.15) is 0 Å². The smallest absolute Gasteiger partial charge is 0.238 e. The van der Waals surface area contributed by atoms with Gasteiger partial charge in [0.1, 0.15) is 12.0 Å². The fourth-order valence-electron chi connectivity index (χ4n) is 4.37. The fourth-order valence-corrected chi connectivity index (χ4v) is 4.37. The Morgan fingerprint density at radius 1 is 1.15 bits per heavy atom. The molecule has 3 fully saturated rings. The third-order valence-corrected chi connectivity index (χ3v) is 5.26. The summed E-state index contributed by atoms with van der Waals surface area (Å²) in [5, 5.41) is 3.28. The number of carbonyl (C=O) groups is 1. The van der Waals surface area contributed by atoms with Crippen LogP contribution in [0.1, 0.15) is 37.4 Å². The number of nitrogens with zero attached hydrogens (tertiary/aromatic N) is 1. The van der Waals surface area contributed by atoms with Crippen LogP contribution in [0.25, 0.3) is 0 Å². The third-order valence-electron chi connectivity index (χ3n) is 5.26. The molecule has 1 aliphatic heterocycles. The Hall–Kier alpha value is -1.42. The van der Waals surface area contributed by atoms with E-state index in [-0.39, 0.29) is 17.9 Å². The van der Waals surface area contributed by atoms with Crippen LogP contribution >= 0.6 is 0 Å². The molecule has 106 valence electrons. The second-order valence-corrected chi connectivity index (χ2v) is 6.38. The summed E-state index contributed by atoms with van der Waals surface area (Å²) >= 11 is 0. The van der Waals surface area contributed by atoms with Crippen molar-refractivity contribution >= 4 is 5.91 Å². The lowest BCUT2D eigenvalue weighted by Gasteiger charge is -2.35. The van der Waals surface area contributed by atoms with Gasteiger partial charge in [0.25, 0.3) is 0 Å². The third kappa shape index (κ3) is 1.85. The molecular weight excluding hydrogens is 255 g/mol. The van der Waals surface area contributed by atoms with Crippen molar-refractivity contribution in [2.75, 3.05) is 6.54 Å². The second kappa shape index (κ2) is 4.55. The highest BCUT2D eigenvalue weighted by atomic mass is 19.1. The highest BCUT2D eigenvalue weighted by molar-refractivity contribution is 5.81. The van der Waals surface area contributed by atoms with Gasteiger partial charge >= 0.3 is 0 Å². The molecule has 1 amide bonds. The van der Waals surface area contributed by atoms with Crippen LogP contribution in [0.15, 0.2) is 24.3 Å². The highest BCUT2D eigenvalue weighted by Gasteiger charge is 2.47. The topological polar surface area (TPSA) is 32.3 Å². The summed E-state index contributed by atoms with van der Waals surface area (Å²) in [7, 11) is 0. The van der Waals surface area contributed by atoms with Gasteiger partial charge in [-0.15, -0.1) is 0 Å². The van der Waals surface area contributed by atoms with Crippen molar-refractivity contribution in [3.8, 4) is 0 Å². The zero-order valence-corrected chi connectivity index (χ0v) is 11.4. The molecule has 0 aromatic heterocycles. The molecule has 2 saturated carbocycles. The van der Waals surface area contributed by atoms with Crippen LogP contribution in [-0.2, 0) is 4.79 Å². The van der Waals surface area contributed by atoms with Gasteiger partial charge in [0, 0.05) is 6.04 Å². The van der Waals surface area contributed by atoms with Crippen LogP contribution in [0, 0.1) is 17.7 Å². The van der Waals surface area contributed by atoms with Gasteiger partial charge in [0.2, 0.25) is 5.91 Å². The van der Waals surface area contributed by atoms with Crippen molar-refractivity contribution < 1.29 is 9.18 Å². The molecule has 4 atom stereocenters. The predicted molar refractivity (Wildman–Crippen MR) is 73.2 cm³/mol. The van der Waals surface area contributed by atoms with Crippen LogP contribution in [0.3, 0.4) is 0 Å². The average Bonchev–Trinajstić information content (AvgIpc) is 3.14. The van der Waals surface area contributed by atoms with E-state index in [1.54, 1.807) is 12.1 Å². The van der Waals surface area contributed by atoms with Crippen molar-refractivity contribution in [3.63, 3.8) is 0 Å². The Labute approximate surface area is 118 Å². The first-order chi connectivity index (χ1) is 9.72. The maximum Gasteiger partial charge on any atom is 0.238 e. The lowest BCUT2D eigenvalue weighted by Crippen LogP contribution is -2.42. The van der Waals surface area contributed by atoms with Crippen molar-refractivity contribution in [1.29, 1.82) is 0 Å². The zero-order chi connectivity index (χ0) is 13.7. The summed E-state index contributed by atoms with van der Waals surface area (Å²) in [4.78, 5) is 14.3. The first-order valence-electron chi connectivity index (χ1n) is 7.52. The van der Waals surface area contributed by atoms with Crippen LogP contribution in [-0.4, -0.2) is 23.4 Å². The Bertz CT molecular complexity index is 530. The number of hydrogen-bond donors (Lipinski definition) is 1. The molecule has 1 aromatic carbocycles. The fraction of sp³-hybridized carbons (Fsp3) is 0.562. The number of nitrogens with one attached hydrogen (secondary N) is 1. The van der Waals surface area contributed by atoms with Crippen molar-refractivity contribution in [3.05, 3.63) is 35.6 Å². The minimum absolute atomic E-state index is 0.0764. The van der Waals surface area contributed by atoms with Gasteiger partial charge in [-0.05, 0) is 48.8 Å².